The molecule has 0 radical (unpaired) electrons. The molecule has 1 heterocycles. The van der Waals surface area contributed by atoms with Crippen LogP contribution < -0.4 is 10.5 Å². The highest BCUT2D eigenvalue weighted by molar-refractivity contribution is 7.98. The van der Waals surface area contributed by atoms with E-state index in [-0.39, 0.29) is 0 Å². The van der Waals surface area contributed by atoms with Gasteiger partial charge in [0.1, 0.15) is 11.5 Å². The van der Waals surface area contributed by atoms with Crippen LogP contribution in [0.15, 0.2) is 59.8 Å². The van der Waals surface area contributed by atoms with E-state index in [1.54, 1.807) is 11.8 Å². The fraction of sp³-hybridized carbons (Fsp3) is 0.222. The summed E-state index contributed by atoms with van der Waals surface area (Å²) in [6.07, 6.45) is 2.31. The zero-order chi connectivity index (χ0) is 16.4. The third kappa shape index (κ3) is 3.23. The van der Waals surface area contributed by atoms with E-state index >= 15 is 0 Å². The lowest BCUT2D eigenvalue weighted by atomic mass is 10.2. The van der Waals surface area contributed by atoms with Gasteiger partial charge in [0.25, 0.3) is 0 Å². The lowest BCUT2D eigenvalue weighted by Gasteiger charge is -2.11. The highest BCUT2D eigenvalue weighted by Crippen LogP contribution is 2.40. The standard InChI is InChI=1S/C18H18N4OS/c19-17-20-21-18(22(17)14-10-11-14)24-12-13-6-4-5-9-16(13)23-15-7-2-1-3-8-15/h1-9,14H,10-12H2,(H2,19,20). The molecule has 2 N–H and O–H groups in total. The third-order valence-electron chi connectivity index (χ3n) is 3.90. The van der Waals surface area contributed by atoms with Crippen LogP contribution in [0.1, 0.15) is 24.4 Å². The van der Waals surface area contributed by atoms with Crippen molar-refractivity contribution in [2.45, 2.75) is 29.8 Å². The largest absolute Gasteiger partial charge is 0.457 e. The van der Waals surface area contributed by atoms with E-state index in [9.17, 15) is 0 Å². The van der Waals surface area contributed by atoms with Crippen molar-refractivity contribution in [2.75, 3.05) is 5.73 Å². The quantitative estimate of drug-likeness (QED) is 0.680. The highest BCUT2D eigenvalue weighted by atomic mass is 32.2. The van der Waals surface area contributed by atoms with Gasteiger partial charge in [-0.15, -0.1) is 10.2 Å². The van der Waals surface area contributed by atoms with Gasteiger partial charge < -0.3 is 10.5 Å². The Kier molecular flexibility index (Phi) is 4.13. The molecule has 1 aliphatic rings. The van der Waals surface area contributed by atoms with Crippen molar-refractivity contribution in [2.24, 2.45) is 0 Å². The Bertz CT molecular complexity index is 830. The van der Waals surface area contributed by atoms with Crippen LogP contribution in [-0.2, 0) is 5.75 Å². The number of hydrogen-bond acceptors (Lipinski definition) is 5. The summed E-state index contributed by atoms with van der Waals surface area (Å²) >= 11 is 1.64. The van der Waals surface area contributed by atoms with Gasteiger partial charge in [-0.3, -0.25) is 4.57 Å². The minimum Gasteiger partial charge on any atom is -0.457 e. The van der Waals surface area contributed by atoms with E-state index < -0.39 is 0 Å². The predicted octanol–water partition coefficient (Wildman–Crippen LogP) is 4.28. The number of benzene rings is 2. The van der Waals surface area contributed by atoms with Gasteiger partial charge in [0.15, 0.2) is 5.16 Å². The number of nitrogens with two attached hydrogens (primary N) is 1. The van der Waals surface area contributed by atoms with Crippen molar-refractivity contribution in [3.8, 4) is 11.5 Å². The maximum atomic E-state index is 6.01. The summed E-state index contributed by atoms with van der Waals surface area (Å²) in [6.45, 7) is 0. The second-order valence-electron chi connectivity index (χ2n) is 5.75. The maximum Gasteiger partial charge on any atom is 0.222 e. The number of thioether (sulfide) groups is 1. The molecule has 4 rings (SSSR count). The summed E-state index contributed by atoms with van der Waals surface area (Å²) in [4.78, 5) is 0. The lowest BCUT2D eigenvalue weighted by Crippen LogP contribution is -2.02. The van der Waals surface area contributed by atoms with Gasteiger partial charge >= 0.3 is 0 Å². The summed E-state index contributed by atoms with van der Waals surface area (Å²) < 4.78 is 8.06. The number of hydrogen-bond donors (Lipinski definition) is 1. The molecule has 0 saturated heterocycles. The van der Waals surface area contributed by atoms with Gasteiger partial charge in [-0.25, -0.2) is 0 Å². The molecule has 1 aliphatic carbocycles. The van der Waals surface area contributed by atoms with Crippen LogP contribution in [0, 0.1) is 0 Å². The number of rotatable bonds is 6. The number of ether oxygens (including phenoxy) is 1. The number of para-hydroxylation sites is 2. The lowest BCUT2D eigenvalue weighted by molar-refractivity contribution is 0.478. The second kappa shape index (κ2) is 6.57. The molecule has 1 aromatic heterocycles. The summed E-state index contributed by atoms with van der Waals surface area (Å²) in [7, 11) is 0. The van der Waals surface area contributed by atoms with Crippen LogP contribution in [0.2, 0.25) is 0 Å². The first kappa shape index (κ1) is 15.1. The average molecular weight is 338 g/mol. The maximum absolute atomic E-state index is 6.01. The normalized spacial score (nSPS) is 13.8. The van der Waals surface area contributed by atoms with Crippen molar-refractivity contribution in [1.29, 1.82) is 0 Å². The fourth-order valence-corrected chi connectivity index (χ4v) is 3.55. The van der Waals surface area contributed by atoms with E-state index in [4.69, 9.17) is 10.5 Å². The zero-order valence-electron chi connectivity index (χ0n) is 13.1. The van der Waals surface area contributed by atoms with E-state index in [1.165, 1.54) is 0 Å². The first-order valence-electron chi connectivity index (χ1n) is 7.95. The number of aromatic nitrogens is 3. The summed E-state index contributed by atoms with van der Waals surface area (Å²) in [6, 6.07) is 18.4. The smallest absolute Gasteiger partial charge is 0.222 e. The van der Waals surface area contributed by atoms with Crippen molar-refractivity contribution < 1.29 is 4.74 Å². The predicted molar refractivity (Wildman–Crippen MR) is 95.2 cm³/mol. The van der Waals surface area contributed by atoms with Crippen LogP contribution in [0.4, 0.5) is 5.95 Å². The Labute approximate surface area is 144 Å². The summed E-state index contributed by atoms with van der Waals surface area (Å²) in [5.41, 5.74) is 7.06. The van der Waals surface area contributed by atoms with Crippen molar-refractivity contribution in [3.05, 3.63) is 60.2 Å². The number of nitrogen functional groups attached to an aromatic ring is 1. The van der Waals surface area contributed by atoms with Gasteiger partial charge in [-0.05, 0) is 31.0 Å². The number of anilines is 1. The van der Waals surface area contributed by atoms with Crippen LogP contribution >= 0.6 is 11.8 Å². The Morgan fingerprint density at radius 2 is 1.79 bits per heavy atom. The van der Waals surface area contributed by atoms with Gasteiger partial charge in [0.2, 0.25) is 5.95 Å². The van der Waals surface area contributed by atoms with Crippen LogP contribution in [-0.4, -0.2) is 14.8 Å². The Morgan fingerprint density at radius 3 is 2.58 bits per heavy atom. The molecule has 122 valence electrons. The minimum absolute atomic E-state index is 0.471. The van der Waals surface area contributed by atoms with Gasteiger partial charge in [-0.2, -0.15) is 0 Å². The first-order chi connectivity index (χ1) is 11.8. The molecule has 2 aromatic carbocycles. The summed E-state index contributed by atoms with van der Waals surface area (Å²) in [5, 5.41) is 9.11. The molecular weight excluding hydrogens is 320 g/mol. The SMILES string of the molecule is Nc1nnc(SCc2ccccc2Oc2ccccc2)n1C1CC1. The Morgan fingerprint density at radius 1 is 1.04 bits per heavy atom. The summed E-state index contributed by atoms with van der Waals surface area (Å²) in [5.74, 6) is 2.96. The molecule has 0 spiro atoms. The van der Waals surface area contributed by atoms with Gasteiger partial charge in [0.05, 0.1) is 0 Å². The van der Waals surface area contributed by atoms with E-state index in [2.05, 4.69) is 16.3 Å². The molecule has 6 heteroatoms. The molecule has 0 bridgehead atoms. The van der Waals surface area contributed by atoms with E-state index in [0.717, 1.165) is 40.8 Å². The highest BCUT2D eigenvalue weighted by Gasteiger charge is 2.28. The van der Waals surface area contributed by atoms with Crippen molar-refractivity contribution >= 4 is 17.7 Å². The zero-order valence-corrected chi connectivity index (χ0v) is 13.9. The molecule has 1 fully saturated rings. The average Bonchev–Trinajstić information content (AvgIpc) is 3.38. The molecule has 24 heavy (non-hydrogen) atoms. The number of nitrogens with zero attached hydrogens (tertiary/aromatic N) is 3. The molecule has 1 saturated carbocycles. The molecule has 0 amide bonds. The molecular formula is C18H18N4OS. The fourth-order valence-electron chi connectivity index (χ4n) is 2.54. The molecule has 5 nitrogen and oxygen atoms in total. The van der Waals surface area contributed by atoms with Crippen LogP contribution in [0.25, 0.3) is 0 Å². The minimum atomic E-state index is 0.471. The van der Waals surface area contributed by atoms with E-state index in [1.807, 2.05) is 53.1 Å². The molecule has 3 aromatic rings. The Balaban J connectivity index is 1.51. The van der Waals surface area contributed by atoms with Crippen LogP contribution in [0.3, 0.4) is 0 Å². The second-order valence-corrected chi connectivity index (χ2v) is 6.70. The van der Waals surface area contributed by atoms with Crippen molar-refractivity contribution in [3.63, 3.8) is 0 Å². The van der Waals surface area contributed by atoms with Gasteiger partial charge in [-0.1, -0.05) is 48.2 Å². The Hall–Kier alpha value is -2.47. The third-order valence-corrected chi connectivity index (χ3v) is 4.90. The van der Waals surface area contributed by atoms with Gasteiger partial charge in [0, 0.05) is 17.4 Å². The molecule has 0 aliphatic heterocycles. The monoisotopic (exact) mass is 338 g/mol. The topological polar surface area (TPSA) is 66.0 Å². The molecule has 0 atom stereocenters. The van der Waals surface area contributed by atoms with E-state index in [0.29, 0.717) is 12.0 Å². The first-order valence-corrected chi connectivity index (χ1v) is 8.94. The van der Waals surface area contributed by atoms with Crippen LogP contribution in [0.5, 0.6) is 11.5 Å². The van der Waals surface area contributed by atoms with Crippen molar-refractivity contribution in [1.82, 2.24) is 14.8 Å². The molecule has 0 unspecified atom stereocenters.